The van der Waals surface area contributed by atoms with E-state index in [9.17, 15) is 9.59 Å². The second-order valence-corrected chi connectivity index (χ2v) is 11.4. The highest BCUT2D eigenvalue weighted by Gasteiger charge is 2.52. The Morgan fingerprint density at radius 2 is 1.97 bits per heavy atom. The molecular weight excluding hydrogens is 497 g/mol. The number of benzene rings is 1. The Balaban J connectivity index is 0.00000151. The highest BCUT2D eigenvalue weighted by atomic mass is 19.1. The fourth-order valence-electron chi connectivity index (χ4n) is 5.88. The van der Waals surface area contributed by atoms with Crippen molar-refractivity contribution < 1.29 is 14.0 Å². The Labute approximate surface area is 229 Å². The molecule has 1 saturated carbocycles. The number of rotatable bonds is 9. The maximum Gasteiger partial charge on any atom is 0.229 e. The Bertz CT molecular complexity index is 1250. The molecule has 2 amide bonds. The molecule has 1 aliphatic carbocycles. The van der Waals surface area contributed by atoms with Crippen LogP contribution in [0.5, 0.6) is 0 Å². The van der Waals surface area contributed by atoms with Gasteiger partial charge in [0.25, 0.3) is 0 Å². The molecule has 0 radical (unpaired) electrons. The van der Waals surface area contributed by atoms with Crippen LogP contribution in [0.2, 0.25) is 0 Å². The van der Waals surface area contributed by atoms with Crippen LogP contribution in [0.15, 0.2) is 24.4 Å². The first-order chi connectivity index (χ1) is 18.8. The number of likely N-dealkylation sites (tertiary alicyclic amines) is 1. The van der Waals surface area contributed by atoms with E-state index in [1.165, 1.54) is 6.07 Å². The maximum absolute atomic E-state index is 15.1. The van der Waals surface area contributed by atoms with Crippen molar-refractivity contribution in [2.45, 2.75) is 51.6 Å². The number of nitrogens with zero attached hydrogens (tertiary/aromatic N) is 5. The van der Waals surface area contributed by atoms with Gasteiger partial charge < -0.3 is 15.5 Å². The van der Waals surface area contributed by atoms with Gasteiger partial charge in [0.15, 0.2) is 0 Å². The second-order valence-electron chi connectivity index (χ2n) is 11.4. The number of amides is 2. The molecule has 2 N–H and O–H groups in total. The molecule has 4 aliphatic rings. The van der Waals surface area contributed by atoms with Gasteiger partial charge in [-0.05, 0) is 57.7 Å². The summed E-state index contributed by atoms with van der Waals surface area (Å²) in [5, 5.41) is 5.96. The van der Waals surface area contributed by atoms with E-state index in [4.69, 9.17) is 0 Å². The molecule has 1 aromatic carbocycles. The van der Waals surface area contributed by atoms with E-state index in [0.717, 1.165) is 57.4 Å². The minimum absolute atomic E-state index is 0.0236. The van der Waals surface area contributed by atoms with Gasteiger partial charge in [0.05, 0.1) is 5.69 Å². The molecule has 3 aliphatic heterocycles. The summed E-state index contributed by atoms with van der Waals surface area (Å²) >= 11 is 0. The van der Waals surface area contributed by atoms with E-state index < -0.39 is 0 Å². The van der Waals surface area contributed by atoms with Gasteiger partial charge in [-0.3, -0.25) is 19.4 Å². The number of halogens is 1. The van der Waals surface area contributed by atoms with Crippen LogP contribution in [0.25, 0.3) is 0 Å². The van der Waals surface area contributed by atoms with Gasteiger partial charge >= 0.3 is 0 Å². The van der Waals surface area contributed by atoms with Crippen LogP contribution in [0.1, 0.15) is 38.7 Å². The number of terminal acetylenes is 1. The maximum atomic E-state index is 15.1. The molecule has 39 heavy (non-hydrogen) atoms. The van der Waals surface area contributed by atoms with E-state index in [1.807, 2.05) is 6.07 Å². The van der Waals surface area contributed by atoms with Crippen LogP contribution in [0, 0.1) is 30.0 Å². The van der Waals surface area contributed by atoms with Gasteiger partial charge in [-0.1, -0.05) is 0 Å². The van der Waals surface area contributed by atoms with Crippen LogP contribution < -0.4 is 20.4 Å². The summed E-state index contributed by atoms with van der Waals surface area (Å²) in [7, 11) is 0. The van der Waals surface area contributed by atoms with Crippen LogP contribution >= 0.6 is 0 Å². The van der Waals surface area contributed by atoms with E-state index in [1.54, 1.807) is 17.2 Å². The van der Waals surface area contributed by atoms with Crippen molar-refractivity contribution in [2.75, 3.05) is 47.8 Å². The largest absolute Gasteiger partial charge is 0.368 e. The lowest BCUT2D eigenvalue weighted by atomic mass is 9.72. The second kappa shape index (κ2) is 10.8. The van der Waals surface area contributed by atoms with Gasteiger partial charge in [0, 0.05) is 73.6 Å². The zero-order valence-electron chi connectivity index (χ0n) is 22.6. The van der Waals surface area contributed by atoms with E-state index >= 15 is 4.39 Å². The predicted molar refractivity (Wildman–Crippen MR) is 149 cm³/mol. The van der Waals surface area contributed by atoms with Gasteiger partial charge in [0.2, 0.25) is 18.3 Å². The van der Waals surface area contributed by atoms with Gasteiger partial charge in [0.1, 0.15) is 11.6 Å². The molecule has 4 fully saturated rings. The quantitative estimate of drug-likeness (QED) is 0.378. The van der Waals surface area contributed by atoms with Crippen LogP contribution in [0.3, 0.4) is 0 Å². The molecule has 9 nitrogen and oxygen atoms in total. The van der Waals surface area contributed by atoms with E-state index in [2.05, 4.69) is 57.1 Å². The van der Waals surface area contributed by atoms with Crippen molar-refractivity contribution in [3.05, 3.63) is 35.8 Å². The lowest BCUT2D eigenvalue weighted by molar-refractivity contribution is -0.122. The van der Waals surface area contributed by atoms with Crippen molar-refractivity contribution in [2.24, 2.45) is 11.3 Å². The normalized spacial score (nSPS) is 21.4. The molecule has 1 unspecified atom stereocenters. The number of hydrogen-bond donors (Lipinski definition) is 2. The molecule has 2 aromatic rings. The molecule has 4 heterocycles. The number of anilines is 4. The molecule has 3 saturated heterocycles. The first-order valence-electron chi connectivity index (χ1n) is 13.6. The average molecular weight is 534 g/mol. The molecule has 6 rings (SSSR count). The molecule has 1 atom stereocenters. The minimum Gasteiger partial charge on any atom is -0.368 e. The molecule has 1 aromatic heterocycles. The summed E-state index contributed by atoms with van der Waals surface area (Å²) in [4.78, 5) is 39.3. The van der Waals surface area contributed by atoms with Crippen LogP contribution in [0.4, 0.5) is 27.5 Å². The van der Waals surface area contributed by atoms with Gasteiger partial charge in [-0.2, -0.15) is 4.98 Å². The third-order valence-corrected chi connectivity index (χ3v) is 8.17. The number of nitrogens with one attached hydrogen (secondary N) is 2. The lowest BCUT2D eigenvalue weighted by Crippen LogP contribution is -2.73. The minimum atomic E-state index is -0.281. The Hall–Kier alpha value is -3.71. The molecule has 1 spiro atoms. The average Bonchev–Trinajstić information content (AvgIpc) is 3.63. The third-order valence-electron chi connectivity index (χ3n) is 8.17. The van der Waals surface area contributed by atoms with Crippen LogP contribution in [-0.4, -0.2) is 72.0 Å². The fraction of sp³-hybridized carbons (Fsp3) is 0.517. The summed E-state index contributed by atoms with van der Waals surface area (Å²) in [5.74, 6) is 0.408. The first kappa shape index (κ1) is 26.9. The summed E-state index contributed by atoms with van der Waals surface area (Å²) in [6, 6.07) is 5.79. The lowest BCUT2D eigenvalue weighted by Gasteiger charge is -2.62. The molecule has 10 heteroatoms. The number of carbonyl (C=O) groups is 2. The van der Waals surface area contributed by atoms with Crippen molar-refractivity contribution in [1.29, 1.82) is 0 Å². The number of carbonyl (C=O) groups excluding carboxylic acids is 2. The smallest absolute Gasteiger partial charge is 0.229 e. The zero-order valence-corrected chi connectivity index (χ0v) is 22.6. The van der Waals surface area contributed by atoms with Crippen molar-refractivity contribution in [1.82, 2.24) is 20.2 Å². The van der Waals surface area contributed by atoms with Crippen molar-refractivity contribution in [3.63, 3.8) is 0 Å². The van der Waals surface area contributed by atoms with Crippen molar-refractivity contribution >= 4 is 35.5 Å². The Morgan fingerprint density at radius 1 is 1.23 bits per heavy atom. The standard InChI is InChI=1S/C27H34FN7O2.C2H2/c1-17(2)33-12-27(13-33)14-34(15-27)23-6-3-20(10-22(23)28)31-26-30-11-19(9-18-7-8-29-25(18)37)24(32-26)35(16-36)21-4-5-21;1-2/h3,6,10-11,16-18,21H,4-5,7-9,12-15H2,1-2H3,(H,29,37)(H,30,31,32);1-2H. The molecule has 206 valence electrons. The zero-order chi connectivity index (χ0) is 27.7. The number of hydrogen-bond acceptors (Lipinski definition) is 7. The first-order valence-corrected chi connectivity index (χ1v) is 13.6. The van der Waals surface area contributed by atoms with E-state index in [-0.39, 0.29) is 23.7 Å². The fourth-order valence-corrected chi connectivity index (χ4v) is 5.88. The van der Waals surface area contributed by atoms with Crippen molar-refractivity contribution in [3.8, 4) is 12.8 Å². The summed E-state index contributed by atoms with van der Waals surface area (Å²) < 4.78 is 15.1. The summed E-state index contributed by atoms with van der Waals surface area (Å²) in [6.07, 6.45) is 13.6. The monoisotopic (exact) mass is 533 g/mol. The van der Waals surface area contributed by atoms with Gasteiger partial charge in [-0.15, -0.1) is 12.8 Å². The number of aromatic nitrogens is 2. The van der Waals surface area contributed by atoms with E-state index in [0.29, 0.717) is 47.6 Å². The Kier molecular flexibility index (Phi) is 7.45. The summed E-state index contributed by atoms with van der Waals surface area (Å²) in [5.41, 5.74) is 2.24. The molecule has 0 bridgehead atoms. The highest BCUT2D eigenvalue weighted by Crippen LogP contribution is 2.43. The van der Waals surface area contributed by atoms with Gasteiger partial charge in [-0.25, -0.2) is 9.37 Å². The topological polar surface area (TPSA) is 93.7 Å². The molecular formula is C29H36FN7O2. The van der Waals surface area contributed by atoms with Crippen LogP contribution in [-0.2, 0) is 16.0 Å². The third kappa shape index (κ3) is 5.41. The SMILES string of the molecule is C#C.CC(C)N1CC2(CN(c3ccc(Nc4ncc(CC5CCNC5=O)c(N(C=O)C5CC5)n4)cc3F)C2)C1. The highest BCUT2D eigenvalue weighted by molar-refractivity contribution is 5.82. The summed E-state index contributed by atoms with van der Waals surface area (Å²) in [6.45, 7) is 9.03. The predicted octanol–water partition coefficient (Wildman–Crippen LogP) is 2.94. The Morgan fingerprint density at radius 3 is 2.56 bits per heavy atom.